The number of dihydropyridines is 1. The SMILES string of the molecule is CC1=C(C(=O)Nc2cccc(C(F)(F)F)c2)C(c2cccs2)C2=C(CC(C)(C)CC2=O)N1. The predicted molar refractivity (Wildman–Crippen MR) is 118 cm³/mol. The highest BCUT2D eigenvalue weighted by Crippen LogP contribution is 2.47. The summed E-state index contributed by atoms with van der Waals surface area (Å²) in [4.78, 5) is 27.3. The van der Waals surface area contributed by atoms with Crippen molar-refractivity contribution in [3.63, 3.8) is 0 Å². The summed E-state index contributed by atoms with van der Waals surface area (Å²) in [6.45, 7) is 5.83. The fourth-order valence-electron chi connectivity index (χ4n) is 4.45. The number of benzene rings is 1. The van der Waals surface area contributed by atoms with Crippen molar-refractivity contribution in [1.82, 2.24) is 5.32 Å². The summed E-state index contributed by atoms with van der Waals surface area (Å²) in [5.41, 5.74) is 1.34. The van der Waals surface area contributed by atoms with Gasteiger partial charge in [-0.05, 0) is 48.4 Å². The third kappa shape index (κ3) is 4.24. The van der Waals surface area contributed by atoms with Crippen LogP contribution in [0, 0.1) is 5.41 Å². The van der Waals surface area contributed by atoms with E-state index in [9.17, 15) is 22.8 Å². The van der Waals surface area contributed by atoms with Gasteiger partial charge >= 0.3 is 6.18 Å². The number of carbonyl (C=O) groups excluding carboxylic acids is 2. The minimum atomic E-state index is -4.51. The van der Waals surface area contributed by atoms with E-state index >= 15 is 0 Å². The van der Waals surface area contributed by atoms with Crippen molar-refractivity contribution >= 4 is 28.7 Å². The zero-order chi connectivity index (χ0) is 23.3. The Labute approximate surface area is 188 Å². The Morgan fingerprint density at radius 2 is 1.94 bits per heavy atom. The topological polar surface area (TPSA) is 58.2 Å². The fourth-order valence-corrected chi connectivity index (χ4v) is 5.29. The van der Waals surface area contributed by atoms with Crippen molar-refractivity contribution in [2.45, 2.75) is 45.7 Å². The Hall–Kier alpha value is -2.87. The number of anilines is 1. The maximum atomic E-state index is 13.3. The third-order valence-electron chi connectivity index (χ3n) is 5.76. The van der Waals surface area contributed by atoms with Crippen molar-refractivity contribution in [1.29, 1.82) is 0 Å². The molecule has 2 aliphatic rings. The molecule has 0 fully saturated rings. The zero-order valence-corrected chi connectivity index (χ0v) is 18.7. The van der Waals surface area contributed by atoms with Crippen LogP contribution in [0.25, 0.3) is 0 Å². The number of ketones is 1. The number of carbonyl (C=O) groups is 2. The molecule has 168 valence electrons. The van der Waals surface area contributed by atoms with Crippen LogP contribution in [0.1, 0.15) is 50.0 Å². The van der Waals surface area contributed by atoms with E-state index in [1.54, 1.807) is 6.92 Å². The second-order valence-corrected chi connectivity index (χ2v) is 9.96. The van der Waals surface area contributed by atoms with Gasteiger partial charge in [-0.2, -0.15) is 13.2 Å². The highest BCUT2D eigenvalue weighted by atomic mass is 32.1. The minimum absolute atomic E-state index is 0.0148. The van der Waals surface area contributed by atoms with E-state index in [-0.39, 0.29) is 16.9 Å². The number of nitrogens with one attached hydrogen (secondary N) is 2. The first-order chi connectivity index (χ1) is 15.0. The summed E-state index contributed by atoms with van der Waals surface area (Å²) in [5, 5.41) is 7.74. The molecule has 0 spiro atoms. The van der Waals surface area contributed by atoms with Gasteiger partial charge in [-0.15, -0.1) is 11.3 Å². The molecule has 1 unspecified atom stereocenters. The summed E-state index contributed by atoms with van der Waals surface area (Å²) >= 11 is 1.45. The average Bonchev–Trinajstić information content (AvgIpc) is 3.19. The molecule has 1 aliphatic carbocycles. The minimum Gasteiger partial charge on any atom is -0.362 e. The lowest BCUT2D eigenvalue weighted by Gasteiger charge is -2.39. The van der Waals surface area contributed by atoms with Crippen LogP contribution in [0.15, 0.2) is 64.3 Å². The molecule has 4 rings (SSSR count). The summed E-state index contributed by atoms with van der Waals surface area (Å²) in [5.74, 6) is -1.10. The van der Waals surface area contributed by atoms with Gasteiger partial charge in [0.15, 0.2) is 5.78 Å². The Morgan fingerprint density at radius 1 is 1.19 bits per heavy atom. The van der Waals surface area contributed by atoms with Crippen LogP contribution in [-0.4, -0.2) is 11.7 Å². The smallest absolute Gasteiger partial charge is 0.362 e. The molecule has 1 aromatic carbocycles. The first-order valence-electron chi connectivity index (χ1n) is 10.2. The Kier molecular flexibility index (Phi) is 5.53. The molecule has 32 heavy (non-hydrogen) atoms. The highest BCUT2D eigenvalue weighted by Gasteiger charge is 2.43. The number of allylic oxidation sites excluding steroid dienone is 3. The van der Waals surface area contributed by atoms with Gasteiger partial charge in [-0.1, -0.05) is 26.0 Å². The number of hydrogen-bond donors (Lipinski definition) is 2. The molecule has 2 heterocycles. The largest absolute Gasteiger partial charge is 0.416 e. The van der Waals surface area contributed by atoms with E-state index in [2.05, 4.69) is 10.6 Å². The second-order valence-electron chi connectivity index (χ2n) is 8.98. The van der Waals surface area contributed by atoms with Crippen molar-refractivity contribution in [2.75, 3.05) is 5.32 Å². The van der Waals surface area contributed by atoms with Gasteiger partial charge in [0.25, 0.3) is 5.91 Å². The molecule has 0 radical (unpaired) electrons. The lowest BCUT2D eigenvalue weighted by atomic mass is 9.69. The number of alkyl halides is 3. The van der Waals surface area contributed by atoms with Crippen LogP contribution < -0.4 is 10.6 Å². The number of rotatable bonds is 3. The molecule has 0 saturated carbocycles. The van der Waals surface area contributed by atoms with E-state index < -0.39 is 23.6 Å². The Morgan fingerprint density at radius 3 is 2.59 bits per heavy atom. The van der Waals surface area contributed by atoms with Gasteiger partial charge in [0, 0.05) is 39.5 Å². The molecular weight excluding hydrogens is 437 g/mol. The first kappa shape index (κ1) is 22.3. The summed E-state index contributed by atoms with van der Waals surface area (Å²) in [7, 11) is 0. The molecule has 4 nitrogen and oxygen atoms in total. The second kappa shape index (κ2) is 7.92. The van der Waals surface area contributed by atoms with Gasteiger partial charge in [0.2, 0.25) is 0 Å². The van der Waals surface area contributed by atoms with Crippen molar-refractivity contribution in [3.8, 4) is 0 Å². The summed E-state index contributed by atoms with van der Waals surface area (Å²) < 4.78 is 39.3. The summed E-state index contributed by atoms with van der Waals surface area (Å²) in [6, 6.07) is 8.27. The average molecular weight is 461 g/mol. The predicted octanol–water partition coefficient (Wildman–Crippen LogP) is 6.01. The molecule has 1 atom stereocenters. The Bertz CT molecular complexity index is 1140. The van der Waals surface area contributed by atoms with Crippen LogP contribution in [-0.2, 0) is 15.8 Å². The van der Waals surface area contributed by atoms with Gasteiger partial charge in [0.05, 0.1) is 11.5 Å². The van der Waals surface area contributed by atoms with Gasteiger partial charge in [0.1, 0.15) is 0 Å². The van der Waals surface area contributed by atoms with Crippen LogP contribution in [0.5, 0.6) is 0 Å². The maximum Gasteiger partial charge on any atom is 0.416 e. The fraction of sp³-hybridized carbons (Fsp3) is 0.333. The lowest BCUT2D eigenvalue weighted by Crippen LogP contribution is -2.39. The third-order valence-corrected chi connectivity index (χ3v) is 6.70. The standard InChI is InChI=1S/C24H23F3N2O2S/c1-13-19(22(31)29-15-7-4-6-14(10-15)24(25,26)27)21(18-8-5-9-32-18)20-16(28-13)11-23(2,3)12-17(20)30/h4-10,21,28H,11-12H2,1-3H3,(H,29,31). The monoisotopic (exact) mass is 460 g/mol. The quantitative estimate of drug-likeness (QED) is 0.590. The van der Waals surface area contributed by atoms with Gasteiger partial charge in [-0.25, -0.2) is 0 Å². The molecule has 2 aromatic rings. The normalized spacial score (nSPS) is 20.7. The summed E-state index contributed by atoms with van der Waals surface area (Å²) in [6.07, 6.45) is -3.46. The molecule has 1 aromatic heterocycles. The zero-order valence-electron chi connectivity index (χ0n) is 17.9. The number of thiophene rings is 1. The van der Waals surface area contributed by atoms with E-state index in [0.717, 1.165) is 22.7 Å². The number of Topliss-reactive ketones (excluding diaryl/α,β-unsaturated/α-hetero) is 1. The van der Waals surface area contributed by atoms with Gasteiger partial charge < -0.3 is 10.6 Å². The van der Waals surface area contributed by atoms with E-state index in [1.807, 2.05) is 31.4 Å². The van der Waals surface area contributed by atoms with Gasteiger partial charge in [-0.3, -0.25) is 9.59 Å². The highest BCUT2D eigenvalue weighted by molar-refractivity contribution is 7.10. The molecule has 0 bridgehead atoms. The van der Waals surface area contributed by atoms with Crippen molar-refractivity contribution in [2.24, 2.45) is 5.41 Å². The molecule has 1 aliphatic heterocycles. The van der Waals surface area contributed by atoms with Crippen LogP contribution in [0.4, 0.5) is 18.9 Å². The molecule has 0 saturated heterocycles. The lowest BCUT2D eigenvalue weighted by molar-refractivity contribution is -0.137. The Balaban J connectivity index is 1.73. The molecular formula is C24H23F3N2O2S. The first-order valence-corrected chi connectivity index (χ1v) is 11.1. The molecule has 8 heteroatoms. The molecule has 1 amide bonds. The van der Waals surface area contributed by atoms with Crippen molar-refractivity contribution in [3.05, 3.63) is 74.8 Å². The van der Waals surface area contributed by atoms with Crippen LogP contribution >= 0.6 is 11.3 Å². The van der Waals surface area contributed by atoms with E-state index in [0.29, 0.717) is 29.7 Å². The van der Waals surface area contributed by atoms with Crippen molar-refractivity contribution < 1.29 is 22.8 Å². The maximum absolute atomic E-state index is 13.3. The number of hydrogen-bond acceptors (Lipinski definition) is 4. The van der Waals surface area contributed by atoms with E-state index in [4.69, 9.17) is 0 Å². The number of halogens is 3. The number of amides is 1. The molecule has 2 N–H and O–H groups in total. The van der Waals surface area contributed by atoms with Crippen LogP contribution in [0.3, 0.4) is 0 Å². The van der Waals surface area contributed by atoms with Crippen LogP contribution in [0.2, 0.25) is 0 Å². The van der Waals surface area contributed by atoms with E-state index in [1.165, 1.54) is 23.5 Å².